The van der Waals surface area contributed by atoms with Crippen LogP contribution in [-0.2, 0) is 0 Å². The molecule has 0 N–H and O–H groups in total. The van der Waals surface area contributed by atoms with Gasteiger partial charge in [0.25, 0.3) is 0 Å². The van der Waals surface area contributed by atoms with E-state index >= 15 is 0 Å². The van der Waals surface area contributed by atoms with E-state index in [0.29, 0.717) is 0 Å². The highest BCUT2D eigenvalue weighted by molar-refractivity contribution is 8.14. The first-order valence-electron chi connectivity index (χ1n) is 5.40. The molecule has 1 aliphatic rings. The van der Waals surface area contributed by atoms with Crippen molar-refractivity contribution in [2.45, 2.75) is 6.92 Å². The summed E-state index contributed by atoms with van der Waals surface area (Å²) < 4.78 is 0. The van der Waals surface area contributed by atoms with Crippen molar-refractivity contribution >= 4 is 22.6 Å². The minimum absolute atomic E-state index is 0.191. The van der Waals surface area contributed by atoms with E-state index in [4.69, 9.17) is 0 Å². The van der Waals surface area contributed by atoms with Gasteiger partial charge in [-0.15, -0.1) is 10.0 Å². The van der Waals surface area contributed by atoms with Gasteiger partial charge in [0.15, 0.2) is 5.17 Å². The second-order valence-electron chi connectivity index (χ2n) is 3.77. The summed E-state index contributed by atoms with van der Waals surface area (Å²) in [7, 11) is 3.87. The summed E-state index contributed by atoms with van der Waals surface area (Å²) >= 11 is 1.63. The SMILES string of the molecule is C=C(/C=C\C(=C/C)C1=NN=C(N(C)C)SC1)N=O. The number of thioether (sulfide) groups is 1. The Balaban J connectivity index is 2.84. The molecule has 0 radical (unpaired) electrons. The van der Waals surface area contributed by atoms with Crippen molar-refractivity contribution in [1.29, 1.82) is 0 Å². The number of hydrogen-bond donors (Lipinski definition) is 0. The van der Waals surface area contributed by atoms with Crippen LogP contribution in [0.3, 0.4) is 0 Å². The van der Waals surface area contributed by atoms with Gasteiger partial charge in [0.05, 0.1) is 5.71 Å². The van der Waals surface area contributed by atoms with Crippen molar-refractivity contribution < 1.29 is 0 Å². The van der Waals surface area contributed by atoms with E-state index in [-0.39, 0.29) is 5.70 Å². The summed E-state index contributed by atoms with van der Waals surface area (Å²) in [5.41, 5.74) is 1.99. The van der Waals surface area contributed by atoms with Crippen molar-refractivity contribution in [3.8, 4) is 0 Å². The Morgan fingerprint density at radius 1 is 1.44 bits per heavy atom. The van der Waals surface area contributed by atoms with Crippen LogP contribution in [0.4, 0.5) is 0 Å². The molecule has 1 rings (SSSR count). The Kier molecular flexibility index (Phi) is 5.51. The first-order chi connectivity index (χ1) is 8.58. The normalized spacial score (nSPS) is 16.3. The third-order valence-corrected chi connectivity index (χ3v) is 3.32. The first kappa shape index (κ1) is 14.4. The van der Waals surface area contributed by atoms with Crippen molar-refractivity contribution in [2.24, 2.45) is 15.4 Å². The molecule has 0 saturated carbocycles. The Morgan fingerprint density at radius 2 is 2.17 bits per heavy atom. The summed E-state index contributed by atoms with van der Waals surface area (Å²) in [5.74, 6) is 0.752. The Bertz CT molecular complexity index is 461. The predicted molar refractivity (Wildman–Crippen MR) is 78.8 cm³/mol. The zero-order chi connectivity index (χ0) is 13.5. The predicted octanol–water partition coefficient (Wildman–Crippen LogP) is 2.79. The molecule has 5 nitrogen and oxygen atoms in total. The second-order valence-corrected chi connectivity index (χ2v) is 4.71. The maximum absolute atomic E-state index is 10.2. The number of rotatable bonds is 4. The van der Waals surface area contributed by atoms with Gasteiger partial charge in [0.2, 0.25) is 0 Å². The number of amidine groups is 1. The largest absolute Gasteiger partial charge is 0.356 e. The third-order valence-electron chi connectivity index (χ3n) is 2.19. The molecule has 0 spiro atoms. The van der Waals surface area contributed by atoms with Crippen LogP contribution in [-0.4, -0.2) is 35.6 Å². The van der Waals surface area contributed by atoms with Crippen LogP contribution >= 0.6 is 11.8 Å². The monoisotopic (exact) mass is 264 g/mol. The van der Waals surface area contributed by atoms with Crippen molar-refractivity contribution in [3.05, 3.63) is 41.0 Å². The van der Waals surface area contributed by atoms with Gasteiger partial charge in [-0.3, -0.25) is 0 Å². The molecule has 1 aliphatic heterocycles. The molecule has 0 unspecified atom stereocenters. The highest BCUT2D eigenvalue weighted by Crippen LogP contribution is 2.17. The molecule has 0 aliphatic carbocycles. The first-order valence-corrected chi connectivity index (χ1v) is 6.38. The van der Waals surface area contributed by atoms with Gasteiger partial charge < -0.3 is 4.90 Å². The molecule has 0 aromatic rings. The van der Waals surface area contributed by atoms with E-state index in [2.05, 4.69) is 22.0 Å². The minimum atomic E-state index is 0.191. The summed E-state index contributed by atoms with van der Waals surface area (Å²) in [6.07, 6.45) is 5.27. The van der Waals surface area contributed by atoms with E-state index in [1.807, 2.05) is 32.0 Å². The lowest BCUT2D eigenvalue weighted by atomic mass is 10.1. The quantitative estimate of drug-likeness (QED) is 0.579. The zero-order valence-corrected chi connectivity index (χ0v) is 11.6. The molecular formula is C12H16N4OS. The molecular weight excluding hydrogens is 248 g/mol. The molecule has 18 heavy (non-hydrogen) atoms. The van der Waals surface area contributed by atoms with Crippen LogP contribution in [0.15, 0.2) is 51.5 Å². The van der Waals surface area contributed by atoms with Gasteiger partial charge in [-0.25, -0.2) is 0 Å². The molecule has 0 saturated heterocycles. The number of allylic oxidation sites excluding steroid dienone is 4. The zero-order valence-electron chi connectivity index (χ0n) is 10.8. The average Bonchev–Trinajstić information content (AvgIpc) is 2.39. The van der Waals surface area contributed by atoms with Crippen LogP contribution in [0.2, 0.25) is 0 Å². The van der Waals surface area contributed by atoms with Gasteiger partial charge in [0, 0.05) is 19.8 Å². The average molecular weight is 264 g/mol. The maximum atomic E-state index is 10.2. The van der Waals surface area contributed by atoms with Crippen molar-refractivity contribution in [2.75, 3.05) is 19.8 Å². The van der Waals surface area contributed by atoms with Crippen LogP contribution in [0.5, 0.6) is 0 Å². The molecule has 96 valence electrons. The fourth-order valence-corrected chi connectivity index (χ4v) is 2.08. The van der Waals surface area contributed by atoms with E-state index in [1.54, 1.807) is 23.9 Å². The van der Waals surface area contributed by atoms with E-state index in [1.165, 1.54) is 0 Å². The topological polar surface area (TPSA) is 57.4 Å². The lowest BCUT2D eigenvalue weighted by molar-refractivity contribution is 0.633. The Labute approximate surface area is 111 Å². The van der Waals surface area contributed by atoms with Crippen molar-refractivity contribution in [3.63, 3.8) is 0 Å². The van der Waals surface area contributed by atoms with E-state index in [9.17, 15) is 4.91 Å². The molecule has 0 bridgehead atoms. The maximum Gasteiger partial charge on any atom is 0.185 e. The molecule has 0 aromatic carbocycles. The van der Waals surface area contributed by atoms with Crippen molar-refractivity contribution in [1.82, 2.24) is 4.90 Å². The summed E-state index contributed by atoms with van der Waals surface area (Å²) in [4.78, 5) is 12.1. The second kappa shape index (κ2) is 6.90. The van der Waals surface area contributed by atoms with Gasteiger partial charge >= 0.3 is 0 Å². The van der Waals surface area contributed by atoms with E-state index < -0.39 is 0 Å². The van der Waals surface area contributed by atoms with E-state index in [0.717, 1.165) is 22.2 Å². The number of nitroso groups, excluding NO2 is 1. The lowest BCUT2D eigenvalue weighted by Crippen LogP contribution is -2.23. The molecule has 0 atom stereocenters. The van der Waals surface area contributed by atoms with Gasteiger partial charge in [-0.1, -0.05) is 30.5 Å². The molecule has 6 heteroatoms. The standard InChI is InChI=1S/C12H16N4OS/c1-5-10(7-6-9(2)15-17)11-8-18-12(14-13-11)16(3)4/h5-7H,2,8H2,1,3-4H3/b7-6-,10-5+. The van der Waals surface area contributed by atoms with Crippen LogP contribution < -0.4 is 0 Å². The highest BCUT2D eigenvalue weighted by atomic mass is 32.2. The fourth-order valence-electron chi connectivity index (χ4n) is 1.23. The van der Waals surface area contributed by atoms with Crippen LogP contribution in [0.25, 0.3) is 0 Å². The summed E-state index contributed by atoms with van der Waals surface area (Å²) in [5, 5.41) is 12.0. The number of nitrogens with zero attached hydrogens (tertiary/aromatic N) is 4. The lowest BCUT2D eigenvalue weighted by Gasteiger charge is -2.17. The Hall–Kier alpha value is -1.69. The number of hydrogen-bond acceptors (Lipinski definition) is 6. The van der Waals surface area contributed by atoms with Crippen LogP contribution in [0.1, 0.15) is 6.92 Å². The van der Waals surface area contributed by atoms with Gasteiger partial charge in [0.1, 0.15) is 5.70 Å². The summed E-state index contributed by atoms with van der Waals surface area (Å²) in [6.45, 7) is 5.40. The minimum Gasteiger partial charge on any atom is -0.356 e. The molecule has 1 heterocycles. The molecule has 0 fully saturated rings. The van der Waals surface area contributed by atoms with Gasteiger partial charge in [-0.2, -0.15) is 5.10 Å². The van der Waals surface area contributed by atoms with Gasteiger partial charge in [-0.05, 0) is 23.7 Å². The Morgan fingerprint density at radius 3 is 2.61 bits per heavy atom. The molecule has 0 amide bonds. The fraction of sp³-hybridized carbons (Fsp3) is 0.333. The van der Waals surface area contributed by atoms with Crippen LogP contribution in [0, 0.1) is 4.91 Å². The molecule has 0 aromatic heterocycles. The highest BCUT2D eigenvalue weighted by Gasteiger charge is 2.13. The summed E-state index contributed by atoms with van der Waals surface area (Å²) in [6, 6.07) is 0. The third kappa shape index (κ3) is 3.96. The smallest absolute Gasteiger partial charge is 0.185 e.